The first-order valence-electron chi connectivity index (χ1n) is 4.85. The van der Waals surface area contributed by atoms with E-state index in [0.717, 1.165) is 0 Å². The molecule has 1 saturated carbocycles. The van der Waals surface area contributed by atoms with Crippen LogP contribution < -0.4 is 10.8 Å². The number of ether oxygens (including phenoxy) is 2. The van der Waals surface area contributed by atoms with Crippen LogP contribution in [0.5, 0.6) is 0 Å². The number of carbonyl (C=O) groups excluding carboxylic acids is 1. The van der Waals surface area contributed by atoms with Crippen molar-refractivity contribution in [1.82, 2.24) is 0 Å². The van der Waals surface area contributed by atoms with Crippen molar-refractivity contribution in [3.05, 3.63) is 0 Å². The lowest BCUT2D eigenvalue weighted by Gasteiger charge is -2.41. The summed E-state index contributed by atoms with van der Waals surface area (Å²) in [6.45, 7) is 1.17. The molecule has 0 radical (unpaired) electrons. The van der Waals surface area contributed by atoms with Gasteiger partial charge in [-0.05, 0) is 12.8 Å². The van der Waals surface area contributed by atoms with Gasteiger partial charge in [0.25, 0.3) is 0 Å². The fourth-order valence-electron chi connectivity index (χ4n) is 2.07. The van der Waals surface area contributed by atoms with Crippen LogP contribution >= 0.6 is 0 Å². The van der Waals surface area contributed by atoms with E-state index < -0.39 is 17.3 Å². The molecule has 0 aromatic rings. The number of hydrogen-bond acceptors (Lipinski definition) is 5. The van der Waals surface area contributed by atoms with Gasteiger partial charge in [0.05, 0.1) is 24.7 Å². The molecule has 1 spiro atoms. The van der Waals surface area contributed by atoms with Crippen LogP contribution in [0.25, 0.3) is 0 Å². The second-order valence-electron chi connectivity index (χ2n) is 4.05. The van der Waals surface area contributed by atoms with Gasteiger partial charge in [-0.2, -0.15) is 0 Å². The minimum Gasteiger partial charge on any atom is -0.548 e. The maximum atomic E-state index is 10.8. The van der Waals surface area contributed by atoms with Crippen molar-refractivity contribution in [3.8, 4) is 0 Å². The highest BCUT2D eigenvalue weighted by Gasteiger charge is 2.45. The van der Waals surface area contributed by atoms with Gasteiger partial charge in [-0.25, -0.2) is 0 Å². The van der Waals surface area contributed by atoms with Crippen molar-refractivity contribution in [2.75, 3.05) is 13.2 Å². The van der Waals surface area contributed by atoms with Crippen LogP contribution in [0, 0.1) is 0 Å². The first kappa shape index (κ1) is 12.4. The summed E-state index contributed by atoms with van der Waals surface area (Å²) in [4.78, 5) is 10.8. The van der Waals surface area contributed by atoms with E-state index >= 15 is 0 Å². The first-order chi connectivity index (χ1) is 6.56. The van der Waals surface area contributed by atoms with Gasteiger partial charge in [0, 0.05) is 12.8 Å². The Kier molecular flexibility index (Phi) is 3.38. The van der Waals surface area contributed by atoms with Gasteiger partial charge in [0.2, 0.25) is 0 Å². The van der Waals surface area contributed by atoms with E-state index in [9.17, 15) is 9.90 Å². The van der Waals surface area contributed by atoms with Crippen LogP contribution in [0.1, 0.15) is 33.1 Å². The Balaban J connectivity index is 0.00000112. The molecule has 1 saturated heterocycles. The molecule has 0 aromatic carbocycles. The van der Waals surface area contributed by atoms with E-state index in [1.807, 2.05) is 0 Å². The fourth-order valence-corrected chi connectivity index (χ4v) is 2.07. The van der Waals surface area contributed by atoms with Crippen LogP contribution in [0.2, 0.25) is 0 Å². The van der Waals surface area contributed by atoms with E-state index in [1.54, 1.807) is 0 Å². The first-order valence-corrected chi connectivity index (χ1v) is 4.85. The summed E-state index contributed by atoms with van der Waals surface area (Å²) in [5, 5.41) is 10.8. The van der Waals surface area contributed by atoms with E-state index in [1.165, 1.54) is 0 Å². The number of carboxylic acid groups (broad SMARTS) is 1. The van der Waals surface area contributed by atoms with Crippen LogP contribution in [-0.4, -0.2) is 30.5 Å². The molecule has 0 amide bonds. The van der Waals surface area contributed by atoms with E-state index in [0.29, 0.717) is 38.9 Å². The summed E-state index contributed by atoms with van der Waals surface area (Å²) in [6, 6.07) is 0. The average Bonchev–Trinajstić information content (AvgIpc) is 2.60. The maximum Gasteiger partial charge on any atom is 0.168 e. The average molecular weight is 216 g/mol. The Morgan fingerprint density at radius 3 is 2.00 bits per heavy atom. The zero-order chi connectivity index (χ0) is 10.2. The van der Waals surface area contributed by atoms with E-state index in [-0.39, 0.29) is 7.43 Å². The van der Waals surface area contributed by atoms with Gasteiger partial charge in [0.15, 0.2) is 5.79 Å². The third-order valence-corrected chi connectivity index (χ3v) is 3.12. The molecule has 1 aliphatic carbocycles. The highest BCUT2D eigenvalue weighted by molar-refractivity contribution is 5.76. The largest absolute Gasteiger partial charge is 0.548 e. The Morgan fingerprint density at radius 1 is 1.13 bits per heavy atom. The monoisotopic (exact) mass is 216 g/mol. The summed E-state index contributed by atoms with van der Waals surface area (Å²) in [5.74, 6) is -1.73. The second-order valence-corrected chi connectivity index (χ2v) is 4.05. The number of aliphatic carboxylic acids is 1. The summed E-state index contributed by atoms with van der Waals surface area (Å²) < 4.78 is 10.9. The van der Waals surface area contributed by atoms with Gasteiger partial charge in [-0.1, -0.05) is 7.43 Å². The van der Waals surface area contributed by atoms with Crippen molar-refractivity contribution in [2.45, 2.75) is 44.4 Å². The Morgan fingerprint density at radius 2 is 1.60 bits per heavy atom. The predicted molar refractivity (Wildman–Crippen MR) is 51.8 cm³/mol. The van der Waals surface area contributed by atoms with Gasteiger partial charge in [-0.15, -0.1) is 0 Å². The molecule has 1 aliphatic heterocycles. The lowest BCUT2D eigenvalue weighted by molar-refractivity contribution is -0.316. The molecule has 0 bridgehead atoms. The van der Waals surface area contributed by atoms with E-state index in [4.69, 9.17) is 15.2 Å². The molecule has 2 fully saturated rings. The highest BCUT2D eigenvalue weighted by Crippen LogP contribution is 2.38. The van der Waals surface area contributed by atoms with E-state index in [2.05, 4.69) is 0 Å². The number of carboxylic acids is 1. The molecular formula is C10H18NO4-. The molecule has 15 heavy (non-hydrogen) atoms. The molecule has 2 aliphatic rings. The molecule has 0 aromatic heterocycles. The van der Waals surface area contributed by atoms with Gasteiger partial charge >= 0.3 is 0 Å². The maximum absolute atomic E-state index is 10.8. The number of hydrogen-bond donors (Lipinski definition) is 1. The minimum absolute atomic E-state index is 0. The molecule has 1 heterocycles. The third kappa shape index (κ3) is 2.14. The Bertz CT molecular complexity index is 238. The standard InChI is InChI=1S/C9H15NO4.CH4/c10-8(7(11)12)1-3-9(4-2-8)13-5-6-14-9;/h1-6,10H2,(H,11,12);1H4/p-1. The zero-order valence-corrected chi connectivity index (χ0v) is 7.95. The van der Waals surface area contributed by atoms with Crippen molar-refractivity contribution in [2.24, 2.45) is 5.73 Å². The van der Waals surface area contributed by atoms with Crippen LogP contribution in [0.3, 0.4) is 0 Å². The number of rotatable bonds is 1. The smallest absolute Gasteiger partial charge is 0.168 e. The normalized spacial score (nSPS) is 27.3. The third-order valence-electron chi connectivity index (χ3n) is 3.12. The molecule has 2 N–H and O–H groups in total. The quantitative estimate of drug-likeness (QED) is 0.632. The summed E-state index contributed by atoms with van der Waals surface area (Å²) in [6.07, 6.45) is 1.79. The van der Waals surface area contributed by atoms with Crippen molar-refractivity contribution in [3.63, 3.8) is 0 Å². The second kappa shape index (κ2) is 4.08. The van der Waals surface area contributed by atoms with Crippen LogP contribution in [0.4, 0.5) is 0 Å². The lowest BCUT2D eigenvalue weighted by Crippen LogP contribution is -2.59. The number of nitrogens with two attached hydrogens (primary N) is 1. The molecule has 2 rings (SSSR count). The zero-order valence-electron chi connectivity index (χ0n) is 7.95. The van der Waals surface area contributed by atoms with Crippen LogP contribution in [0.15, 0.2) is 0 Å². The summed E-state index contributed by atoms with van der Waals surface area (Å²) in [5.41, 5.74) is 4.49. The SMILES string of the molecule is C.NC1(C(=O)[O-])CCC2(CC1)OCCO2. The van der Waals surface area contributed by atoms with Crippen molar-refractivity contribution < 1.29 is 19.4 Å². The highest BCUT2D eigenvalue weighted by atomic mass is 16.7. The van der Waals surface area contributed by atoms with Crippen molar-refractivity contribution in [1.29, 1.82) is 0 Å². The predicted octanol–water partition coefficient (Wildman–Crippen LogP) is -0.613. The summed E-state index contributed by atoms with van der Waals surface area (Å²) >= 11 is 0. The molecule has 5 nitrogen and oxygen atoms in total. The molecule has 0 unspecified atom stereocenters. The van der Waals surface area contributed by atoms with Gasteiger partial charge < -0.3 is 25.1 Å². The molecule has 0 atom stereocenters. The van der Waals surface area contributed by atoms with Gasteiger partial charge in [0.1, 0.15) is 0 Å². The van der Waals surface area contributed by atoms with Crippen LogP contribution in [-0.2, 0) is 14.3 Å². The fraction of sp³-hybridized carbons (Fsp3) is 0.900. The Hall–Kier alpha value is -0.650. The minimum atomic E-state index is -1.19. The van der Waals surface area contributed by atoms with Crippen molar-refractivity contribution >= 4 is 5.97 Å². The summed E-state index contributed by atoms with van der Waals surface area (Å²) in [7, 11) is 0. The lowest BCUT2D eigenvalue weighted by atomic mass is 9.79. The topological polar surface area (TPSA) is 84.6 Å². The Labute approximate surface area is 89.5 Å². The number of carbonyl (C=O) groups is 1. The molecule has 88 valence electrons. The van der Waals surface area contributed by atoms with Gasteiger partial charge in [-0.3, -0.25) is 0 Å². The molecular weight excluding hydrogens is 198 g/mol. The molecule has 5 heteroatoms.